The van der Waals surface area contributed by atoms with Gasteiger partial charge in [-0.3, -0.25) is 0 Å². The van der Waals surface area contributed by atoms with Crippen LogP contribution in [0.3, 0.4) is 0 Å². The Bertz CT molecular complexity index is 186. The fourth-order valence-electron chi connectivity index (χ4n) is 1.90. The van der Waals surface area contributed by atoms with E-state index in [9.17, 15) is 5.11 Å². The second-order valence-corrected chi connectivity index (χ2v) is 5.38. The third kappa shape index (κ3) is 4.40. The second-order valence-electron chi connectivity index (χ2n) is 5.38. The molecule has 1 heterocycles. The molecule has 0 aromatic rings. The van der Waals surface area contributed by atoms with Crippen LogP contribution < -0.4 is 0 Å². The molecule has 0 amide bonds. The molecule has 1 fully saturated rings. The van der Waals surface area contributed by atoms with Crippen molar-refractivity contribution < 1.29 is 14.6 Å². The van der Waals surface area contributed by atoms with Gasteiger partial charge in [-0.15, -0.1) is 0 Å². The first-order valence-corrected chi connectivity index (χ1v) is 6.51. The van der Waals surface area contributed by atoms with Gasteiger partial charge in [0.25, 0.3) is 0 Å². The van der Waals surface area contributed by atoms with Gasteiger partial charge in [-0.2, -0.15) is 0 Å². The fraction of sp³-hybridized carbons (Fsp3) is 1.00. The van der Waals surface area contributed by atoms with Gasteiger partial charge >= 0.3 is 0 Å². The Hall–Kier alpha value is -0.120. The monoisotopic (exact) mass is 230 g/mol. The lowest BCUT2D eigenvalue weighted by atomic mass is 9.86. The normalized spacial score (nSPS) is 24.4. The van der Waals surface area contributed by atoms with Crippen LogP contribution in [-0.4, -0.2) is 24.3 Å². The maximum atomic E-state index is 10.1. The van der Waals surface area contributed by atoms with E-state index >= 15 is 0 Å². The van der Waals surface area contributed by atoms with Crippen molar-refractivity contribution in [3.63, 3.8) is 0 Å². The Labute approximate surface area is 99.1 Å². The van der Waals surface area contributed by atoms with Gasteiger partial charge in [-0.05, 0) is 25.7 Å². The van der Waals surface area contributed by atoms with Crippen molar-refractivity contribution in [1.82, 2.24) is 0 Å². The number of aliphatic hydroxyl groups excluding tert-OH is 1. The molecule has 16 heavy (non-hydrogen) atoms. The van der Waals surface area contributed by atoms with E-state index < -0.39 is 6.29 Å². The first kappa shape index (κ1) is 13.9. The minimum absolute atomic E-state index is 0.184. The van der Waals surface area contributed by atoms with Crippen molar-refractivity contribution >= 4 is 0 Å². The Kier molecular flexibility index (Phi) is 5.73. The molecule has 0 aliphatic carbocycles. The molecular formula is C13H26O3. The van der Waals surface area contributed by atoms with E-state index in [0.29, 0.717) is 0 Å². The smallest absolute Gasteiger partial charge is 0.162 e. The molecule has 0 spiro atoms. The highest BCUT2D eigenvalue weighted by molar-refractivity contribution is 4.72. The van der Waals surface area contributed by atoms with Crippen molar-refractivity contribution in [2.45, 2.75) is 71.9 Å². The molecule has 1 N–H and O–H groups in total. The number of hydrogen-bond donors (Lipinski definition) is 1. The fourth-order valence-corrected chi connectivity index (χ4v) is 1.90. The van der Waals surface area contributed by atoms with Gasteiger partial charge in [0.1, 0.15) is 0 Å². The highest BCUT2D eigenvalue weighted by Crippen LogP contribution is 2.30. The van der Waals surface area contributed by atoms with Crippen molar-refractivity contribution in [2.24, 2.45) is 5.41 Å². The summed E-state index contributed by atoms with van der Waals surface area (Å²) in [6, 6.07) is 0. The summed E-state index contributed by atoms with van der Waals surface area (Å²) in [4.78, 5) is 0. The number of rotatable bonds is 6. The van der Waals surface area contributed by atoms with Gasteiger partial charge in [-0.25, -0.2) is 0 Å². The lowest BCUT2D eigenvalue weighted by molar-refractivity contribution is -0.271. The molecule has 2 atom stereocenters. The van der Waals surface area contributed by atoms with Crippen molar-refractivity contribution in [3.05, 3.63) is 0 Å². The molecule has 0 bridgehead atoms. The lowest BCUT2D eigenvalue weighted by Crippen LogP contribution is -2.37. The number of aliphatic hydroxyl groups is 1. The SMILES string of the molecule is CCCCC(C)(C)C(O)OC1CCCCO1. The summed E-state index contributed by atoms with van der Waals surface area (Å²) in [7, 11) is 0. The van der Waals surface area contributed by atoms with Crippen LogP contribution in [0.25, 0.3) is 0 Å². The predicted octanol–water partition coefficient (Wildman–Crippen LogP) is 3.06. The number of ether oxygens (including phenoxy) is 2. The number of unbranched alkanes of at least 4 members (excludes halogenated alkanes) is 1. The van der Waals surface area contributed by atoms with Gasteiger partial charge in [-0.1, -0.05) is 33.6 Å². The molecule has 1 aliphatic rings. The van der Waals surface area contributed by atoms with Gasteiger partial charge in [0.05, 0.1) is 0 Å². The molecule has 1 saturated heterocycles. The molecule has 0 radical (unpaired) electrons. The van der Waals surface area contributed by atoms with Crippen LogP contribution in [0.2, 0.25) is 0 Å². The Balaban J connectivity index is 2.33. The highest BCUT2D eigenvalue weighted by atomic mass is 16.7. The Morgan fingerprint density at radius 2 is 2.19 bits per heavy atom. The van der Waals surface area contributed by atoms with Crippen LogP contribution in [0, 0.1) is 5.41 Å². The van der Waals surface area contributed by atoms with Gasteiger partial charge in [0, 0.05) is 12.0 Å². The van der Waals surface area contributed by atoms with E-state index in [-0.39, 0.29) is 11.7 Å². The van der Waals surface area contributed by atoms with Crippen LogP contribution in [0.15, 0.2) is 0 Å². The quantitative estimate of drug-likeness (QED) is 0.713. The van der Waals surface area contributed by atoms with E-state index in [0.717, 1.165) is 45.1 Å². The Morgan fingerprint density at radius 3 is 2.75 bits per heavy atom. The molecule has 1 aliphatic heterocycles. The van der Waals surface area contributed by atoms with E-state index in [1.54, 1.807) is 0 Å². The summed E-state index contributed by atoms with van der Waals surface area (Å²) in [5, 5.41) is 10.1. The van der Waals surface area contributed by atoms with E-state index in [2.05, 4.69) is 20.8 Å². The van der Waals surface area contributed by atoms with Gasteiger partial charge in [0.15, 0.2) is 12.6 Å². The zero-order valence-corrected chi connectivity index (χ0v) is 10.9. The zero-order valence-electron chi connectivity index (χ0n) is 10.9. The maximum Gasteiger partial charge on any atom is 0.162 e. The lowest BCUT2D eigenvalue weighted by Gasteiger charge is -2.34. The molecular weight excluding hydrogens is 204 g/mol. The molecule has 1 rings (SSSR count). The van der Waals surface area contributed by atoms with Gasteiger partial charge in [0.2, 0.25) is 0 Å². The van der Waals surface area contributed by atoms with Gasteiger partial charge < -0.3 is 14.6 Å². The summed E-state index contributed by atoms with van der Waals surface area (Å²) in [5.74, 6) is 0. The molecule has 0 saturated carbocycles. The van der Waals surface area contributed by atoms with Crippen LogP contribution in [0.5, 0.6) is 0 Å². The molecule has 96 valence electrons. The minimum Gasteiger partial charge on any atom is -0.367 e. The van der Waals surface area contributed by atoms with Crippen molar-refractivity contribution in [1.29, 1.82) is 0 Å². The Morgan fingerprint density at radius 1 is 1.44 bits per heavy atom. The van der Waals surface area contributed by atoms with Crippen molar-refractivity contribution in [2.75, 3.05) is 6.61 Å². The zero-order chi connectivity index (χ0) is 12.0. The number of hydrogen-bond acceptors (Lipinski definition) is 3. The van der Waals surface area contributed by atoms with Crippen LogP contribution in [0.4, 0.5) is 0 Å². The predicted molar refractivity (Wildman–Crippen MR) is 64.0 cm³/mol. The molecule has 3 heteroatoms. The average molecular weight is 230 g/mol. The molecule has 3 nitrogen and oxygen atoms in total. The van der Waals surface area contributed by atoms with Crippen LogP contribution in [0.1, 0.15) is 59.3 Å². The summed E-state index contributed by atoms with van der Waals surface area (Å²) in [6.07, 6.45) is 5.47. The standard InChI is InChI=1S/C13H26O3/c1-4-5-9-13(2,3)12(14)16-11-8-6-7-10-15-11/h11-12,14H,4-10H2,1-3H3. The minimum atomic E-state index is -0.720. The topological polar surface area (TPSA) is 38.7 Å². The maximum absolute atomic E-state index is 10.1. The first-order valence-electron chi connectivity index (χ1n) is 6.51. The average Bonchev–Trinajstić information content (AvgIpc) is 2.28. The second kappa shape index (κ2) is 6.58. The molecule has 0 aromatic heterocycles. The van der Waals surface area contributed by atoms with Crippen LogP contribution >= 0.6 is 0 Å². The summed E-state index contributed by atoms with van der Waals surface area (Å²) < 4.78 is 11.1. The van der Waals surface area contributed by atoms with E-state index in [4.69, 9.17) is 9.47 Å². The summed E-state index contributed by atoms with van der Waals surface area (Å²) >= 11 is 0. The largest absolute Gasteiger partial charge is 0.367 e. The highest BCUT2D eigenvalue weighted by Gasteiger charge is 2.31. The third-order valence-corrected chi connectivity index (χ3v) is 3.26. The van der Waals surface area contributed by atoms with E-state index in [1.807, 2.05) is 0 Å². The summed E-state index contributed by atoms with van der Waals surface area (Å²) in [6.45, 7) is 7.02. The van der Waals surface area contributed by atoms with Crippen molar-refractivity contribution in [3.8, 4) is 0 Å². The molecule has 0 aromatic carbocycles. The summed E-state index contributed by atoms with van der Waals surface area (Å²) in [5.41, 5.74) is -0.184. The molecule has 2 unspecified atom stereocenters. The third-order valence-electron chi connectivity index (χ3n) is 3.26. The first-order chi connectivity index (χ1) is 7.56. The van der Waals surface area contributed by atoms with E-state index in [1.165, 1.54) is 0 Å². The van der Waals surface area contributed by atoms with Crippen LogP contribution in [-0.2, 0) is 9.47 Å².